The summed E-state index contributed by atoms with van der Waals surface area (Å²) in [5.41, 5.74) is 2.74. The average Bonchev–Trinajstić information content (AvgIpc) is 2.26. The van der Waals surface area contributed by atoms with E-state index in [1.54, 1.807) is 0 Å². The van der Waals surface area contributed by atoms with Crippen molar-refractivity contribution in [2.24, 2.45) is 5.41 Å². The highest BCUT2D eigenvalue weighted by Gasteiger charge is 2.23. The molecule has 0 heterocycles. The van der Waals surface area contributed by atoms with Crippen LogP contribution in [0.2, 0.25) is 0 Å². The van der Waals surface area contributed by atoms with E-state index in [0.717, 1.165) is 0 Å². The van der Waals surface area contributed by atoms with Crippen LogP contribution >= 0.6 is 11.6 Å². The Morgan fingerprint density at radius 2 is 1.50 bits per heavy atom. The Kier molecular flexibility index (Phi) is 4.43. The molecule has 0 nitrogen and oxygen atoms in total. The van der Waals surface area contributed by atoms with Crippen LogP contribution in [0.3, 0.4) is 0 Å². The molecule has 0 aliphatic carbocycles. The maximum Gasteiger partial charge on any atom is 0.0633 e. The second kappa shape index (κ2) is 5.23. The van der Waals surface area contributed by atoms with Gasteiger partial charge in [0.25, 0.3) is 0 Å². The number of benzene rings is 1. The van der Waals surface area contributed by atoms with E-state index in [1.807, 2.05) is 0 Å². The van der Waals surface area contributed by atoms with Gasteiger partial charge in [-0.1, -0.05) is 58.9 Å². The maximum absolute atomic E-state index is 6.45. The lowest BCUT2D eigenvalue weighted by Crippen LogP contribution is -2.13. The van der Waals surface area contributed by atoms with Crippen LogP contribution in [0, 0.1) is 5.41 Å². The van der Waals surface area contributed by atoms with Crippen LogP contribution in [-0.2, 0) is 0 Å². The quantitative estimate of drug-likeness (QED) is 0.608. The number of halogens is 1. The molecule has 2 atom stereocenters. The molecule has 0 bridgehead atoms. The van der Waals surface area contributed by atoms with Gasteiger partial charge in [-0.15, -0.1) is 11.6 Å². The minimum atomic E-state index is 0.0819. The highest BCUT2D eigenvalue weighted by molar-refractivity contribution is 6.21. The molecule has 1 heteroatoms. The Balaban J connectivity index is 2.87. The summed E-state index contributed by atoms with van der Waals surface area (Å²) in [4.78, 5) is 0. The van der Waals surface area contributed by atoms with E-state index in [9.17, 15) is 0 Å². The van der Waals surface area contributed by atoms with Crippen molar-refractivity contribution < 1.29 is 0 Å². The Hall–Kier alpha value is -0.490. The van der Waals surface area contributed by atoms with Crippen LogP contribution in [-0.4, -0.2) is 0 Å². The number of hydrogen-bond donors (Lipinski definition) is 0. The van der Waals surface area contributed by atoms with E-state index in [2.05, 4.69) is 58.9 Å². The topological polar surface area (TPSA) is 0 Å². The second-order valence-corrected chi connectivity index (χ2v) is 6.14. The van der Waals surface area contributed by atoms with Crippen molar-refractivity contribution in [3.8, 4) is 0 Å². The molecule has 0 fully saturated rings. The molecule has 90 valence electrons. The van der Waals surface area contributed by atoms with Crippen molar-refractivity contribution in [3.05, 3.63) is 35.4 Å². The van der Waals surface area contributed by atoms with Crippen LogP contribution in [0.15, 0.2) is 24.3 Å². The first-order valence-corrected chi connectivity index (χ1v) is 6.53. The summed E-state index contributed by atoms with van der Waals surface area (Å²) >= 11 is 6.45. The fraction of sp³-hybridized carbons (Fsp3) is 0.600. The molecule has 0 saturated heterocycles. The van der Waals surface area contributed by atoms with E-state index in [1.165, 1.54) is 17.5 Å². The van der Waals surface area contributed by atoms with E-state index < -0.39 is 0 Å². The summed E-state index contributed by atoms with van der Waals surface area (Å²) in [6.45, 7) is 11.0. The van der Waals surface area contributed by atoms with Crippen molar-refractivity contribution in [2.75, 3.05) is 0 Å². The molecule has 0 amide bonds. The highest BCUT2D eigenvalue weighted by atomic mass is 35.5. The summed E-state index contributed by atoms with van der Waals surface area (Å²) < 4.78 is 0. The lowest BCUT2D eigenvalue weighted by Gasteiger charge is -2.25. The molecule has 1 aromatic rings. The van der Waals surface area contributed by atoms with Gasteiger partial charge in [-0.3, -0.25) is 0 Å². The molecule has 0 aliphatic heterocycles. The van der Waals surface area contributed by atoms with Gasteiger partial charge in [0.05, 0.1) is 5.38 Å². The van der Waals surface area contributed by atoms with Crippen LogP contribution in [0.5, 0.6) is 0 Å². The molecular weight excluding hydrogens is 216 g/mol. The van der Waals surface area contributed by atoms with Gasteiger partial charge in [-0.25, -0.2) is 0 Å². The molecule has 0 spiro atoms. The van der Waals surface area contributed by atoms with Gasteiger partial charge < -0.3 is 0 Å². The standard InChI is InChI=1S/C15H23Cl/c1-6-11(2)12-7-9-13(10-8-12)14(16)15(3,4)5/h7-11,14H,6H2,1-5H3. The van der Waals surface area contributed by atoms with Gasteiger partial charge in [0.1, 0.15) is 0 Å². The third kappa shape index (κ3) is 3.25. The minimum Gasteiger partial charge on any atom is -0.117 e. The second-order valence-electron chi connectivity index (χ2n) is 5.70. The molecule has 16 heavy (non-hydrogen) atoms. The molecule has 1 rings (SSSR count). The molecule has 0 saturated carbocycles. The van der Waals surface area contributed by atoms with Crippen molar-refractivity contribution >= 4 is 11.6 Å². The summed E-state index contributed by atoms with van der Waals surface area (Å²) in [7, 11) is 0. The van der Waals surface area contributed by atoms with Gasteiger partial charge in [0.2, 0.25) is 0 Å². The summed E-state index contributed by atoms with van der Waals surface area (Å²) in [6, 6.07) is 8.77. The fourth-order valence-corrected chi connectivity index (χ4v) is 1.87. The zero-order chi connectivity index (χ0) is 12.3. The molecule has 0 aliphatic rings. The molecule has 2 unspecified atom stereocenters. The largest absolute Gasteiger partial charge is 0.117 e. The van der Waals surface area contributed by atoms with E-state index in [4.69, 9.17) is 11.6 Å². The van der Waals surface area contributed by atoms with E-state index >= 15 is 0 Å². The lowest BCUT2D eigenvalue weighted by atomic mass is 9.86. The Bertz CT molecular complexity index is 318. The predicted molar refractivity (Wildman–Crippen MR) is 73.2 cm³/mol. The normalized spacial score (nSPS) is 15.9. The van der Waals surface area contributed by atoms with Crippen LogP contribution in [0.4, 0.5) is 0 Å². The SMILES string of the molecule is CCC(C)c1ccc(C(Cl)C(C)(C)C)cc1. The predicted octanol–water partition coefficient (Wildman–Crippen LogP) is 5.53. The third-order valence-corrected chi connectivity index (χ3v) is 4.08. The van der Waals surface area contributed by atoms with Crippen LogP contribution in [0.1, 0.15) is 63.5 Å². The van der Waals surface area contributed by atoms with Crippen molar-refractivity contribution in [2.45, 2.75) is 52.3 Å². The fourth-order valence-electron chi connectivity index (χ4n) is 1.73. The van der Waals surface area contributed by atoms with Gasteiger partial charge in [-0.2, -0.15) is 0 Å². The van der Waals surface area contributed by atoms with Crippen molar-refractivity contribution in [1.29, 1.82) is 0 Å². The molecular formula is C15H23Cl. The Morgan fingerprint density at radius 1 is 1.06 bits per heavy atom. The van der Waals surface area contributed by atoms with Crippen LogP contribution in [0.25, 0.3) is 0 Å². The Labute approximate surface area is 105 Å². The Morgan fingerprint density at radius 3 is 1.88 bits per heavy atom. The van der Waals surface area contributed by atoms with E-state index in [0.29, 0.717) is 5.92 Å². The van der Waals surface area contributed by atoms with Gasteiger partial charge in [-0.05, 0) is 28.9 Å². The summed E-state index contributed by atoms with van der Waals surface area (Å²) in [5.74, 6) is 0.637. The monoisotopic (exact) mass is 238 g/mol. The van der Waals surface area contributed by atoms with E-state index in [-0.39, 0.29) is 10.8 Å². The first-order valence-electron chi connectivity index (χ1n) is 6.10. The number of rotatable bonds is 3. The maximum atomic E-state index is 6.45. The van der Waals surface area contributed by atoms with Crippen molar-refractivity contribution in [1.82, 2.24) is 0 Å². The average molecular weight is 239 g/mol. The molecule has 1 aromatic carbocycles. The van der Waals surface area contributed by atoms with Gasteiger partial charge >= 0.3 is 0 Å². The zero-order valence-corrected chi connectivity index (χ0v) is 11.8. The third-order valence-electron chi connectivity index (χ3n) is 3.17. The zero-order valence-electron chi connectivity index (χ0n) is 11.0. The molecule has 0 radical (unpaired) electrons. The molecule has 0 aromatic heterocycles. The van der Waals surface area contributed by atoms with Gasteiger partial charge in [0, 0.05) is 0 Å². The number of alkyl halides is 1. The lowest BCUT2D eigenvalue weighted by molar-refractivity contribution is 0.396. The highest BCUT2D eigenvalue weighted by Crippen LogP contribution is 2.38. The first-order chi connectivity index (χ1) is 7.36. The smallest absolute Gasteiger partial charge is 0.0633 e. The minimum absolute atomic E-state index is 0.0819. The summed E-state index contributed by atoms with van der Waals surface area (Å²) in [5, 5.41) is 0.0819. The first kappa shape index (κ1) is 13.6. The van der Waals surface area contributed by atoms with Crippen LogP contribution < -0.4 is 0 Å². The summed E-state index contributed by atoms with van der Waals surface area (Å²) in [6.07, 6.45) is 1.18. The molecule has 0 N–H and O–H groups in total. The van der Waals surface area contributed by atoms with Crippen molar-refractivity contribution in [3.63, 3.8) is 0 Å². The van der Waals surface area contributed by atoms with Gasteiger partial charge in [0.15, 0.2) is 0 Å². The number of hydrogen-bond acceptors (Lipinski definition) is 0.